The number of fused-ring (bicyclic) bond motifs is 2. The first-order valence-electron chi connectivity index (χ1n) is 10.8. The maximum absolute atomic E-state index is 14.8. The van der Waals surface area contributed by atoms with E-state index < -0.39 is 0 Å². The fourth-order valence-electron chi connectivity index (χ4n) is 4.51. The van der Waals surface area contributed by atoms with Crippen molar-refractivity contribution in [2.45, 2.75) is 26.7 Å². The van der Waals surface area contributed by atoms with Crippen molar-refractivity contribution in [2.75, 3.05) is 42.9 Å². The van der Waals surface area contributed by atoms with Gasteiger partial charge in [0, 0.05) is 49.3 Å². The van der Waals surface area contributed by atoms with E-state index >= 15 is 0 Å². The topological polar surface area (TPSA) is 65.4 Å². The number of hydrogen-bond acceptors (Lipinski definition) is 6. The largest absolute Gasteiger partial charge is 0.367 e. The zero-order chi connectivity index (χ0) is 20.7. The summed E-state index contributed by atoms with van der Waals surface area (Å²) in [5, 5.41) is 6.49. The van der Waals surface area contributed by atoms with Crippen LogP contribution in [0.5, 0.6) is 0 Å². The second-order valence-corrected chi connectivity index (χ2v) is 8.43. The van der Waals surface area contributed by atoms with Crippen molar-refractivity contribution in [3.8, 4) is 0 Å². The Morgan fingerprint density at radius 1 is 1.17 bits per heavy atom. The molecule has 2 aromatic rings. The van der Waals surface area contributed by atoms with Crippen molar-refractivity contribution in [1.29, 1.82) is 0 Å². The minimum atomic E-state index is -0.227. The Kier molecular flexibility index (Phi) is 4.98. The fraction of sp³-hybridized carbons (Fsp3) is 0.435. The number of piperazine rings is 1. The van der Waals surface area contributed by atoms with Crippen LogP contribution in [0.2, 0.25) is 0 Å². The second-order valence-electron chi connectivity index (χ2n) is 8.43. The molecule has 2 N–H and O–H groups in total. The van der Waals surface area contributed by atoms with Gasteiger partial charge in [0.2, 0.25) is 5.95 Å². The summed E-state index contributed by atoms with van der Waals surface area (Å²) >= 11 is 0. The SMILES string of the molecule is CC(C)C1=NCC2=C1c1nc(Nc3ccc(N4CCNCC4)c(F)c3)ncc1CC2. The summed E-state index contributed by atoms with van der Waals surface area (Å²) in [5.74, 6) is 0.628. The minimum Gasteiger partial charge on any atom is -0.367 e. The van der Waals surface area contributed by atoms with Crippen molar-refractivity contribution in [3.05, 3.63) is 47.0 Å². The van der Waals surface area contributed by atoms with E-state index in [2.05, 4.69) is 34.4 Å². The molecule has 5 rings (SSSR count). The zero-order valence-corrected chi connectivity index (χ0v) is 17.5. The molecule has 2 aliphatic heterocycles. The highest BCUT2D eigenvalue weighted by Gasteiger charge is 2.29. The van der Waals surface area contributed by atoms with E-state index in [9.17, 15) is 4.39 Å². The summed E-state index contributed by atoms with van der Waals surface area (Å²) in [6.45, 7) is 8.51. The maximum atomic E-state index is 14.8. The van der Waals surface area contributed by atoms with Gasteiger partial charge in [0.15, 0.2) is 0 Å². The lowest BCUT2D eigenvalue weighted by atomic mass is 9.86. The average molecular weight is 407 g/mol. The summed E-state index contributed by atoms with van der Waals surface area (Å²) in [6, 6.07) is 5.26. The number of nitrogens with zero attached hydrogens (tertiary/aromatic N) is 4. The molecule has 30 heavy (non-hydrogen) atoms. The van der Waals surface area contributed by atoms with Gasteiger partial charge in [0.1, 0.15) is 5.82 Å². The van der Waals surface area contributed by atoms with Gasteiger partial charge in [-0.15, -0.1) is 0 Å². The molecule has 1 aliphatic carbocycles. The molecule has 1 aromatic carbocycles. The molecule has 7 heteroatoms. The van der Waals surface area contributed by atoms with Crippen LogP contribution in [-0.4, -0.2) is 48.4 Å². The van der Waals surface area contributed by atoms with Gasteiger partial charge in [-0.3, -0.25) is 4.99 Å². The van der Waals surface area contributed by atoms with Crippen molar-refractivity contribution in [1.82, 2.24) is 15.3 Å². The number of aromatic nitrogens is 2. The molecule has 0 amide bonds. The van der Waals surface area contributed by atoms with E-state index in [1.807, 2.05) is 18.3 Å². The van der Waals surface area contributed by atoms with E-state index in [4.69, 9.17) is 9.98 Å². The number of aliphatic imine (C=N–C) groups is 1. The number of anilines is 3. The average Bonchev–Trinajstić information content (AvgIpc) is 3.20. The molecular formula is C23H27FN6. The highest BCUT2D eigenvalue weighted by Crippen LogP contribution is 2.37. The molecule has 0 spiro atoms. The molecule has 6 nitrogen and oxygen atoms in total. The Morgan fingerprint density at radius 3 is 2.77 bits per heavy atom. The van der Waals surface area contributed by atoms with Crippen LogP contribution in [-0.2, 0) is 6.42 Å². The minimum absolute atomic E-state index is 0.227. The second kappa shape index (κ2) is 7.80. The lowest BCUT2D eigenvalue weighted by Gasteiger charge is -2.29. The molecular weight excluding hydrogens is 379 g/mol. The number of nitrogens with one attached hydrogen (secondary N) is 2. The van der Waals surface area contributed by atoms with Crippen LogP contribution < -0.4 is 15.5 Å². The van der Waals surface area contributed by atoms with Crippen LogP contribution in [0, 0.1) is 11.7 Å². The molecule has 0 atom stereocenters. The number of benzene rings is 1. The van der Waals surface area contributed by atoms with Crippen molar-refractivity contribution < 1.29 is 4.39 Å². The first-order valence-corrected chi connectivity index (χ1v) is 10.8. The van der Waals surface area contributed by atoms with Gasteiger partial charge >= 0.3 is 0 Å². The molecule has 1 aromatic heterocycles. The number of hydrogen-bond donors (Lipinski definition) is 2. The zero-order valence-electron chi connectivity index (χ0n) is 17.5. The smallest absolute Gasteiger partial charge is 0.227 e. The molecule has 0 radical (unpaired) electrons. The molecule has 1 fully saturated rings. The number of aryl methyl sites for hydroxylation is 1. The van der Waals surface area contributed by atoms with E-state index in [1.165, 1.54) is 17.2 Å². The van der Waals surface area contributed by atoms with Crippen molar-refractivity contribution >= 4 is 28.6 Å². The first kappa shape index (κ1) is 19.2. The van der Waals surface area contributed by atoms with E-state index in [0.29, 0.717) is 23.2 Å². The molecule has 0 saturated carbocycles. The molecule has 156 valence electrons. The van der Waals surface area contributed by atoms with Gasteiger partial charge < -0.3 is 15.5 Å². The highest BCUT2D eigenvalue weighted by molar-refractivity contribution is 6.27. The van der Waals surface area contributed by atoms with Crippen molar-refractivity contribution in [2.24, 2.45) is 10.9 Å². The van der Waals surface area contributed by atoms with Crippen LogP contribution >= 0.6 is 0 Å². The Morgan fingerprint density at radius 2 is 2.00 bits per heavy atom. The summed E-state index contributed by atoms with van der Waals surface area (Å²) in [5.41, 5.74) is 7.17. The van der Waals surface area contributed by atoms with Crippen LogP contribution in [0.3, 0.4) is 0 Å². The number of allylic oxidation sites excluding steroid dienone is 1. The Bertz CT molecular complexity index is 1040. The Hall–Kier alpha value is -2.80. The Labute approximate surface area is 176 Å². The quantitative estimate of drug-likeness (QED) is 0.813. The van der Waals surface area contributed by atoms with E-state index in [-0.39, 0.29) is 5.82 Å². The van der Waals surface area contributed by atoms with Gasteiger partial charge in [0.05, 0.1) is 17.9 Å². The normalized spacial score (nSPS) is 18.4. The molecule has 0 bridgehead atoms. The van der Waals surface area contributed by atoms with Gasteiger partial charge in [-0.25, -0.2) is 14.4 Å². The molecule has 0 unspecified atom stereocenters. The van der Waals surface area contributed by atoms with Crippen LogP contribution in [0.25, 0.3) is 5.57 Å². The van der Waals surface area contributed by atoms with Gasteiger partial charge in [-0.05, 0) is 48.1 Å². The third-order valence-corrected chi connectivity index (χ3v) is 6.06. The van der Waals surface area contributed by atoms with Crippen LogP contribution in [0.1, 0.15) is 31.5 Å². The van der Waals surface area contributed by atoms with Crippen LogP contribution in [0.15, 0.2) is 35.0 Å². The first-order chi connectivity index (χ1) is 14.6. The Balaban J connectivity index is 1.41. The molecule has 3 heterocycles. The van der Waals surface area contributed by atoms with Gasteiger partial charge in [-0.2, -0.15) is 0 Å². The maximum Gasteiger partial charge on any atom is 0.227 e. The van der Waals surface area contributed by atoms with E-state index in [0.717, 1.165) is 62.5 Å². The monoisotopic (exact) mass is 406 g/mol. The van der Waals surface area contributed by atoms with E-state index in [1.54, 1.807) is 0 Å². The lowest BCUT2D eigenvalue weighted by Crippen LogP contribution is -2.43. The van der Waals surface area contributed by atoms with Crippen molar-refractivity contribution in [3.63, 3.8) is 0 Å². The summed E-state index contributed by atoms with van der Waals surface area (Å²) < 4.78 is 14.8. The number of rotatable bonds is 4. The third-order valence-electron chi connectivity index (χ3n) is 6.06. The highest BCUT2D eigenvalue weighted by atomic mass is 19.1. The van der Waals surface area contributed by atoms with Gasteiger partial charge in [-0.1, -0.05) is 13.8 Å². The summed E-state index contributed by atoms with van der Waals surface area (Å²) in [4.78, 5) is 16.1. The summed E-state index contributed by atoms with van der Waals surface area (Å²) in [6.07, 6.45) is 3.87. The van der Waals surface area contributed by atoms with Crippen LogP contribution in [0.4, 0.5) is 21.7 Å². The molecule has 1 saturated heterocycles. The summed E-state index contributed by atoms with van der Waals surface area (Å²) in [7, 11) is 0. The molecule has 3 aliphatic rings. The fourth-order valence-corrected chi connectivity index (χ4v) is 4.51. The number of halogens is 1. The standard InChI is InChI=1S/C23H27FN6/c1-14(2)21-20-15(12-26-21)3-4-16-13-27-23(29-22(16)20)28-17-5-6-19(18(24)11-17)30-9-7-25-8-10-30/h5-6,11,13-14,25H,3-4,7-10,12H2,1-2H3,(H,27,28,29). The predicted molar refractivity (Wildman–Crippen MR) is 119 cm³/mol. The third kappa shape index (κ3) is 3.47. The van der Waals surface area contributed by atoms with Gasteiger partial charge in [0.25, 0.3) is 0 Å². The lowest BCUT2D eigenvalue weighted by molar-refractivity contribution is 0.566. The predicted octanol–water partition coefficient (Wildman–Crippen LogP) is 3.58.